The van der Waals surface area contributed by atoms with Gasteiger partial charge in [-0.3, -0.25) is 0 Å². The van der Waals surface area contributed by atoms with Crippen LogP contribution < -0.4 is 4.90 Å². The number of esters is 1. The second-order valence-corrected chi connectivity index (χ2v) is 4.61. The number of nitrogens with zero attached hydrogens (tertiary/aromatic N) is 1. The van der Waals surface area contributed by atoms with Crippen LogP contribution >= 0.6 is 15.9 Å². The molecule has 17 heavy (non-hydrogen) atoms. The molecule has 1 atom stereocenters. The first kappa shape index (κ1) is 14.0. The second kappa shape index (κ2) is 6.02. The molecular formula is C12H16BrNO3. The lowest BCUT2D eigenvalue weighted by Gasteiger charge is -2.16. The quantitative estimate of drug-likeness (QED) is 0.866. The fraction of sp³-hybridized carbons (Fsp3) is 0.417. The molecule has 4 nitrogen and oxygen atoms in total. The smallest absolute Gasteiger partial charge is 0.339 e. The van der Waals surface area contributed by atoms with Gasteiger partial charge in [0.1, 0.15) is 0 Å². The molecular weight excluding hydrogens is 286 g/mol. The fourth-order valence-electron chi connectivity index (χ4n) is 1.41. The highest BCUT2D eigenvalue weighted by atomic mass is 79.9. The summed E-state index contributed by atoms with van der Waals surface area (Å²) in [5.74, 6) is -0.628. The van der Waals surface area contributed by atoms with Gasteiger partial charge in [0.2, 0.25) is 0 Å². The number of anilines is 1. The van der Waals surface area contributed by atoms with Gasteiger partial charge in [0.15, 0.2) is 6.10 Å². The number of hydrogen-bond acceptors (Lipinski definition) is 4. The largest absolute Gasteiger partial charge is 0.464 e. The van der Waals surface area contributed by atoms with Crippen molar-refractivity contribution in [2.24, 2.45) is 0 Å². The molecule has 1 aromatic rings. The molecule has 1 aromatic carbocycles. The van der Waals surface area contributed by atoms with Gasteiger partial charge < -0.3 is 14.7 Å². The molecule has 0 amide bonds. The molecule has 0 aliphatic heterocycles. The molecule has 0 aliphatic rings. The number of hydrogen-bond donors (Lipinski definition) is 1. The monoisotopic (exact) mass is 301 g/mol. The summed E-state index contributed by atoms with van der Waals surface area (Å²) in [5.41, 5.74) is 1.49. The van der Waals surface area contributed by atoms with Crippen molar-refractivity contribution in [2.75, 3.05) is 25.6 Å². The van der Waals surface area contributed by atoms with Gasteiger partial charge in [0.05, 0.1) is 12.3 Å². The molecule has 0 aliphatic carbocycles. The van der Waals surface area contributed by atoms with Crippen molar-refractivity contribution in [1.82, 2.24) is 0 Å². The Labute approximate surface area is 109 Å². The molecule has 0 saturated heterocycles. The zero-order valence-electron chi connectivity index (χ0n) is 10.1. The van der Waals surface area contributed by atoms with Crippen molar-refractivity contribution in [3.05, 3.63) is 28.2 Å². The zero-order chi connectivity index (χ0) is 13.0. The standard InChI is InChI=1S/C12H16BrNO3/c1-4-17-12(16)11(15)8-5-6-10(14(2)3)9(13)7-8/h5-7,11,15H,4H2,1-3H3/t11-/m0/s1. The Balaban J connectivity index is 2.93. The van der Waals surface area contributed by atoms with E-state index in [1.165, 1.54) is 0 Å². The van der Waals surface area contributed by atoms with Gasteiger partial charge in [-0.1, -0.05) is 6.07 Å². The molecule has 0 heterocycles. The van der Waals surface area contributed by atoms with Crippen molar-refractivity contribution in [2.45, 2.75) is 13.0 Å². The number of ether oxygens (including phenoxy) is 1. The molecule has 0 saturated carbocycles. The third kappa shape index (κ3) is 3.44. The Morgan fingerprint density at radius 2 is 2.18 bits per heavy atom. The summed E-state index contributed by atoms with van der Waals surface area (Å²) in [6.07, 6.45) is -1.23. The van der Waals surface area contributed by atoms with Gasteiger partial charge in [-0.15, -0.1) is 0 Å². The van der Waals surface area contributed by atoms with E-state index in [4.69, 9.17) is 4.74 Å². The lowest BCUT2D eigenvalue weighted by atomic mass is 10.1. The van der Waals surface area contributed by atoms with Gasteiger partial charge in [0.25, 0.3) is 0 Å². The summed E-state index contributed by atoms with van der Waals surface area (Å²) in [4.78, 5) is 13.3. The number of aliphatic hydroxyl groups excluding tert-OH is 1. The number of benzene rings is 1. The van der Waals surface area contributed by atoms with E-state index in [-0.39, 0.29) is 6.61 Å². The number of aliphatic hydroxyl groups is 1. The third-order valence-electron chi connectivity index (χ3n) is 2.28. The van der Waals surface area contributed by atoms with Crippen LogP contribution in [0.4, 0.5) is 5.69 Å². The van der Waals surface area contributed by atoms with Crippen molar-refractivity contribution >= 4 is 27.6 Å². The van der Waals surface area contributed by atoms with Crippen molar-refractivity contribution in [1.29, 1.82) is 0 Å². The van der Waals surface area contributed by atoms with E-state index >= 15 is 0 Å². The summed E-state index contributed by atoms with van der Waals surface area (Å²) in [7, 11) is 3.84. The van der Waals surface area contributed by atoms with Gasteiger partial charge in [-0.05, 0) is 40.5 Å². The topological polar surface area (TPSA) is 49.8 Å². The molecule has 1 N–H and O–H groups in total. The zero-order valence-corrected chi connectivity index (χ0v) is 11.7. The van der Waals surface area contributed by atoms with Crippen LogP contribution in [0.25, 0.3) is 0 Å². The molecule has 0 bridgehead atoms. The Kier molecular flexibility index (Phi) is 4.96. The van der Waals surface area contributed by atoms with Gasteiger partial charge >= 0.3 is 5.97 Å². The minimum absolute atomic E-state index is 0.257. The number of rotatable bonds is 4. The molecule has 1 rings (SSSR count). The van der Waals surface area contributed by atoms with E-state index in [1.54, 1.807) is 19.1 Å². The Morgan fingerprint density at radius 1 is 1.53 bits per heavy atom. The van der Waals surface area contributed by atoms with E-state index in [0.29, 0.717) is 5.56 Å². The maximum absolute atomic E-state index is 11.4. The van der Waals surface area contributed by atoms with Crippen LogP contribution in [0.5, 0.6) is 0 Å². The molecule has 0 aromatic heterocycles. The lowest BCUT2D eigenvalue weighted by molar-refractivity contribution is -0.153. The highest BCUT2D eigenvalue weighted by molar-refractivity contribution is 9.10. The van der Waals surface area contributed by atoms with E-state index < -0.39 is 12.1 Å². The average molecular weight is 302 g/mol. The van der Waals surface area contributed by atoms with Crippen LogP contribution in [0.2, 0.25) is 0 Å². The molecule has 0 spiro atoms. The van der Waals surface area contributed by atoms with Crippen molar-refractivity contribution < 1.29 is 14.6 Å². The summed E-state index contributed by atoms with van der Waals surface area (Å²) >= 11 is 3.40. The number of halogens is 1. The summed E-state index contributed by atoms with van der Waals surface area (Å²) in [6.45, 7) is 1.96. The van der Waals surface area contributed by atoms with Gasteiger partial charge in [-0.25, -0.2) is 4.79 Å². The molecule has 0 radical (unpaired) electrons. The number of carbonyl (C=O) groups excluding carboxylic acids is 1. The van der Waals surface area contributed by atoms with Crippen molar-refractivity contribution in [3.8, 4) is 0 Å². The predicted molar refractivity (Wildman–Crippen MR) is 70.1 cm³/mol. The maximum Gasteiger partial charge on any atom is 0.339 e. The lowest BCUT2D eigenvalue weighted by Crippen LogP contribution is -2.16. The fourth-order valence-corrected chi connectivity index (χ4v) is 2.16. The van der Waals surface area contributed by atoms with Crippen LogP contribution in [0.15, 0.2) is 22.7 Å². The maximum atomic E-state index is 11.4. The summed E-state index contributed by atoms with van der Waals surface area (Å²) in [5, 5.41) is 9.77. The Bertz CT molecular complexity index is 407. The predicted octanol–water partition coefficient (Wildman–Crippen LogP) is 2.11. The Hall–Kier alpha value is -1.07. The first-order valence-electron chi connectivity index (χ1n) is 5.28. The van der Waals surface area contributed by atoms with Crippen molar-refractivity contribution in [3.63, 3.8) is 0 Å². The first-order valence-corrected chi connectivity index (χ1v) is 6.08. The average Bonchev–Trinajstić information content (AvgIpc) is 2.27. The van der Waals surface area contributed by atoms with E-state index in [0.717, 1.165) is 10.2 Å². The third-order valence-corrected chi connectivity index (χ3v) is 2.91. The molecule has 5 heteroatoms. The highest BCUT2D eigenvalue weighted by Crippen LogP contribution is 2.28. The molecule has 0 unspecified atom stereocenters. The highest BCUT2D eigenvalue weighted by Gasteiger charge is 2.19. The van der Waals surface area contributed by atoms with E-state index in [1.807, 2.05) is 25.1 Å². The van der Waals surface area contributed by atoms with Crippen LogP contribution in [-0.2, 0) is 9.53 Å². The first-order chi connectivity index (χ1) is 7.97. The minimum Gasteiger partial charge on any atom is -0.464 e. The Morgan fingerprint density at radius 3 is 2.65 bits per heavy atom. The normalized spacial score (nSPS) is 12.1. The van der Waals surface area contributed by atoms with Crippen LogP contribution in [0, 0.1) is 0 Å². The van der Waals surface area contributed by atoms with Gasteiger partial charge in [0, 0.05) is 18.6 Å². The summed E-state index contributed by atoms with van der Waals surface area (Å²) in [6, 6.07) is 5.26. The van der Waals surface area contributed by atoms with Crippen LogP contribution in [0.1, 0.15) is 18.6 Å². The molecule has 94 valence electrons. The minimum atomic E-state index is -1.23. The van der Waals surface area contributed by atoms with Crippen LogP contribution in [0.3, 0.4) is 0 Å². The van der Waals surface area contributed by atoms with E-state index in [9.17, 15) is 9.90 Å². The number of carbonyl (C=O) groups is 1. The molecule has 0 fully saturated rings. The van der Waals surface area contributed by atoms with Crippen LogP contribution in [-0.4, -0.2) is 31.8 Å². The summed E-state index contributed by atoms with van der Waals surface area (Å²) < 4.78 is 5.58. The van der Waals surface area contributed by atoms with Gasteiger partial charge in [-0.2, -0.15) is 0 Å². The van der Waals surface area contributed by atoms with E-state index in [2.05, 4.69) is 15.9 Å². The SMILES string of the molecule is CCOC(=O)[C@@H](O)c1ccc(N(C)C)c(Br)c1. The second-order valence-electron chi connectivity index (χ2n) is 3.76.